The van der Waals surface area contributed by atoms with Gasteiger partial charge >= 0.3 is 0 Å². The Morgan fingerprint density at radius 1 is 1.32 bits per heavy atom. The molecule has 3 rings (SSSR count). The van der Waals surface area contributed by atoms with E-state index in [0.29, 0.717) is 43.2 Å². The highest BCUT2D eigenvalue weighted by Crippen LogP contribution is 2.37. The normalized spacial score (nSPS) is 16.3. The molecule has 132 valence electrons. The van der Waals surface area contributed by atoms with Crippen molar-refractivity contribution in [2.75, 3.05) is 25.6 Å². The lowest BCUT2D eigenvalue weighted by atomic mass is 9.73. The molecule has 0 unspecified atom stereocenters. The van der Waals surface area contributed by atoms with Crippen LogP contribution >= 0.6 is 0 Å². The maximum absolute atomic E-state index is 14.4. The van der Waals surface area contributed by atoms with E-state index in [2.05, 4.69) is 10.3 Å². The van der Waals surface area contributed by atoms with Crippen LogP contribution in [0, 0.1) is 12.7 Å². The zero-order valence-electron chi connectivity index (χ0n) is 14.3. The maximum Gasteiger partial charge on any atom is 0.235 e. The number of ether oxygens (including phenoxy) is 2. The Hall–Kier alpha value is -2.47. The van der Waals surface area contributed by atoms with Gasteiger partial charge in [-0.1, -0.05) is 18.2 Å². The van der Waals surface area contributed by atoms with Crippen molar-refractivity contribution in [3.05, 3.63) is 53.5 Å². The highest BCUT2D eigenvalue weighted by molar-refractivity contribution is 5.99. The maximum atomic E-state index is 14.4. The van der Waals surface area contributed by atoms with E-state index in [4.69, 9.17) is 9.47 Å². The SMILES string of the molecule is COc1ncc(NC(=O)C2(c3ccccc3F)CCOCC2)cc1C. The van der Waals surface area contributed by atoms with Crippen molar-refractivity contribution in [3.63, 3.8) is 0 Å². The number of aryl methyl sites for hydroxylation is 1. The molecular weight excluding hydrogens is 323 g/mol. The molecule has 0 spiro atoms. The molecule has 2 heterocycles. The van der Waals surface area contributed by atoms with Crippen LogP contribution in [-0.4, -0.2) is 31.2 Å². The summed E-state index contributed by atoms with van der Waals surface area (Å²) in [5.74, 6) is -0.108. The van der Waals surface area contributed by atoms with Gasteiger partial charge in [0.2, 0.25) is 11.8 Å². The molecule has 1 aromatic heterocycles. The summed E-state index contributed by atoms with van der Waals surface area (Å²) in [7, 11) is 1.54. The van der Waals surface area contributed by atoms with Gasteiger partial charge in [0.15, 0.2) is 0 Å². The Balaban J connectivity index is 1.93. The number of carbonyl (C=O) groups excluding carboxylic acids is 1. The number of anilines is 1. The van der Waals surface area contributed by atoms with E-state index < -0.39 is 5.41 Å². The Kier molecular flexibility index (Phi) is 4.99. The standard InChI is InChI=1S/C19H21FN2O3/c1-13-11-14(12-21-17(13)24-2)22-18(23)19(7-9-25-10-8-19)15-5-3-4-6-16(15)20/h3-6,11-12H,7-10H2,1-2H3,(H,22,23). The molecule has 0 aliphatic carbocycles. The summed E-state index contributed by atoms with van der Waals surface area (Å²) in [4.78, 5) is 17.3. The molecule has 0 radical (unpaired) electrons. The first-order valence-electron chi connectivity index (χ1n) is 8.22. The van der Waals surface area contributed by atoms with Crippen molar-refractivity contribution < 1.29 is 18.7 Å². The van der Waals surface area contributed by atoms with Crippen molar-refractivity contribution in [3.8, 4) is 5.88 Å². The number of halogens is 1. The number of rotatable bonds is 4. The van der Waals surface area contributed by atoms with E-state index in [1.165, 1.54) is 12.3 Å². The van der Waals surface area contributed by atoms with Crippen molar-refractivity contribution in [2.24, 2.45) is 0 Å². The van der Waals surface area contributed by atoms with Crippen molar-refractivity contribution in [1.29, 1.82) is 0 Å². The molecule has 2 aromatic rings. The van der Waals surface area contributed by atoms with Crippen molar-refractivity contribution in [2.45, 2.75) is 25.2 Å². The number of amides is 1. The first kappa shape index (κ1) is 17.4. The fourth-order valence-electron chi connectivity index (χ4n) is 3.28. The lowest BCUT2D eigenvalue weighted by molar-refractivity contribution is -0.125. The highest BCUT2D eigenvalue weighted by Gasteiger charge is 2.43. The van der Waals surface area contributed by atoms with Crippen LogP contribution in [0.1, 0.15) is 24.0 Å². The van der Waals surface area contributed by atoms with Crippen LogP contribution in [0.4, 0.5) is 10.1 Å². The van der Waals surface area contributed by atoms with Gasteiger partial charge < -0.3 is 14.8 Å². The van der Waals surface area contributed by atoms with E-state index in [1.54, 1.807) is 31.4 Å². The number of methoxy groups -OCH3 is 1. The number of carbonyl (C=O) groups is 1. The molecular formula is C19H21FN2O3. The summed E-state index contributed by atoms with van der Waals surface area (Å²) < 4.78 is 25.0. The fourth-order valence-corrected chi connectivity index (χ4v) is 3.28. The second-order valence-corrected chi connectivity index (χ2v) is 6.18. The van der Waals surface area contributed by atoms with Crippen LogP contribution in [0.5, 0.6) is 5.88 Å². The highest BCUT2D eigenvalue weighted by atomic mass is 19.1. The minimum absolute atomic E-state index is 0.243. The lowest BCUT2D eigenvalue weighted by Crippen LogP contribution is -2.45. The zero-order chi connectivity index (χ0) is 17.9. The zero-order valence-corrected chi connectivity index (χ0v) is 14.3. The van der Waals surface area contributed by atoms with Crippen LogP contribution in [0.2, 0.25) is 0 Å². The van der Waals surface area contributed by atoms with Gasteiger partial charge in [0.25, 0.3) is 0 Å². The molecule has 5 nitrogen and oxygen atoms in total. The Bertz CT molecular complexity index is 773. The Morgan fingerprint density at radius 3 is 2.68 bits per heavy atom. The molecule has 1 fully saturated rings. The molecule has 1 N–H and O–H groups in total. The number of benzene rings is 1. The summed E-state index contributed by atoms with van der Waals surface area (Å²) >= 11 is 0. The van der Waals surface area contributed by atoms with E-state index >= 15 is 0 Å². The molecule has 0 saturated carbocycles. The van der Waals surface area contributed by atoms with Gasteiger partial charge in [0.05, 0.1) is 24.4 Å². The number of hydrogen-bond acceptors (Lipinski definition) is 4. The van der Waals surface area contributed by atoms with Gasteiger partial charge in [0.1, 0.15) is 5.82 Å². The van der Waals surface area contributed by atoms with E-state index in [-0.39, 0.29) is 11.7 Å². The van der Waals surface area contributed by atoms with Crippen LogP contribution in [0.15, 0.2) is 36.5 Å². The first-order chi connectivity index (χ1) is 12.1. The van der Waals surface area contributed by atoms with E-state index in [1.807, 2.05) is 6.92 Å². The monoisotopic (exact) mass is 344 g/mol. The second-order valence-electron chi connectivity index (χ2n) is 6.18. The Morgan fingerprint density at radius 2 is 2.04 bits per heavy atom. The summed E-state index contributed by atoms with van der Waals surface area (Å²) in [5.41, 5.74) is 0.837. The fraction of sp³-hybridized carbons (Fsp3) is 0.368. The van der Waals surface area contributed by atoms with Gasteiger partial charge in [-0.2, -0.15) is 0 Å². The van der Waals surface area contributed by atoms with Gasteiger partial charge in [0, 0.05) is 24.3 Å². The molecule has 0 bridgehead atoms. The first-order valence-corrected chi connectivity index (χ1v) is 8.22. The molecule has 25 heavy (non-hydrogen) atoms. The van der Waals surface area contributed by atoms with E-state index in [0.717, 1.165) is 5.56 Å². The predicted molar refractivity (Wildman–Crippen MR) is 92.3 cm³/mol. The molecule has 1 amide bonds. The number of aromatic nitrogens is 1. The third-order valence-electron chi connectivity index (χ3n) is 4.65. The van der Waals surface area contributed by atoms with Crippen molar-refractivity contribution >= 4 is 11.6 Å². The van der Waals surface area contributed by atoms with Crippen LogP contribution in [0.3, 0.4) is 0 Å². The Labute approximate surface area is 146 Å². The van der Waals surface area contributed by atoms with Crippen LogP contribution in [0.25, 0.3) is 0 Å². The van der Waals surface area contributed by atoms with Gasteiger partial charge in [-0.25, -0.2) is 9.37 Å². The number of nitrogens with one attached hydrogen (secondary N) is 1. The molecule has 6 heteroatoms. The van der Waals surface area contributed by atoms with Gasteiger partial charge in [-0.05, 0) is 31.9 Å². The smallest absolute Gasteiger partial charge is 0.235 e. The minimum Gasteiger partial charge on any atom is -0.481 e. The summed E-state index contributed by atoms with van der Waals surface area (Å²) in [6.45, 7) is 2.69. The number of pyridine rings is 1. The average Bonchev–Trinajstić information content (AvgIpc) is 2.63. The quantitative estimate of drug-likeness (QED) is 0.925. The topological polar surface area (TPSA) is 60.5 Å². The summed E-state index contributed by atoms with van der Waals surface area (Å²) in [6, 6.07) is 8.23. The van der Waals surface area contributed by atoms with Crippen LogP contribution < -0.4 is 10.1 Å². The lowest BCUT2D eigenvalue weighted by Gasteiger charge is -2.36. The predicted octanol–water partition coefficient (Wildman–Crippen LogP) is 3.22. The molecule has 1 aliphatic rings. The molecule has 1 aromatic carbocycles. The second kappa shape index (κ2) is 7.19. The van der Waals surface area contributed by atoms with Gasteiger partial charge in [-0.3, -0.25) is 4.79 Å². The third kappa shape index (κ3) is 3.35. The largest absolute Gasteiger partial charge is 0.481 e. The summed E-state index contributed by atoms with van der Waals surface area (Å²) in [6.07, 6.45) is 2.41. The van der Waals surface area contributed by atoms with E-state index in [9.17, 15) is 9.18 Å². The van der Waals surface area contributed by atoms with Crippen LogP contribution in [-0.2, 0) is 14.9 Å². The number of nitrogens with zero attached hydrogens (tertiary/aromatic N) is 1. The third-order valence-corrected chi connectivity index (χ3v) is 4.65. The summed E-state index contributed by atoms with van der Waals surface area (Å²) in [5, 5.41) is 2.89. The molecule has 1 saturated heterocycles. The van der Waals surface area contributed by atoms with Crippen molar-refractivity contribution in [1.82, 2.24) is 4.98 Å². The molecule has 1 aliphatic heterocycles. The minimum atomic E-state index is -0.947. The molecule has 0 atom stereocenters. The number of hydrogen-bond donors (Lipinski definition) is 1. The average molecular weight is 344 g/mol. The van der Waals surface area contributed by atoms with Gasteiger partial charge in [-0.15, -0.1) is 0 Å².